The van der Waals surface area contributed by atoms with Crippen molar-refractivity contribution < 1.29 is 4.84 Å². The summed E-state index contributed by atoms with van der Waals surface area (Å²) in [6.45, 7) is 6.51. The first-order valence-electron chi connectivity index (χ1n) is 8.33. The Balaban J connectivity index is 2.25. The summed E-state index contributed by atoms with van der Waals surface area (Å²) in [5.74, 6) is 0. The predicted octanol–water partition coefficient (Wildman–Crippen LogP) is 5.87. The van der Waals surface area contributed by atoms with Gasteiger partial charge in [-0.25, -0.2) is 0 Å². The molecule has 3 aromatic rings. The summed E-state index contributed by atoms with van der Waals surface area (Å²) in [6.07, 6.45) is 0. The van der Waals surface area contributed by atoms with E-state index in [9.17, 15) is 0 Å². The molecule has 4 heteroatoms. The summed E-state index contributed by atoms with van der Waals surface area (Å²) in [5.41, 5.74) is 6.13. The van der Waals surface area contributed by atoms with Gasteiger partial charge in [-0.2, -0.15) is 0 Å². The molecule has 3 nitrogen and oxygen atoms in total. The molecule has 0 bridgehead atoms. The molecule has 0 saturated carbocycles. The van der Waals surface area contributed by atoms with Crippen molar-refractivity contribution in [3.05, 3.63) is 76.9 Å². The van der Waals surface area contributed by atoms with E-state index in [1.807, 2.05) is 56.3 Å². The summed E-state index contributed by atoms with van der Waals surface area (Å²) in [5, 5.41) is 4.92. The fourth-order valence-corrected chi connectivity index (χ4v) is 3.17. The minimum absolute atomic E-state index is 0.549. The number of rotatable bonds is 5. The van der Waals surface area contributed by atoms with E-state index in [0.717, 1.165) is 33.9 Å². The molecule has 0 fully saturated rings. The molecule has 0 aliphatic rings. The van der Waals surface area contributed by atoms with Crippen LogP contribution >= 0.6 is 11.6 Å². The van der Waals surface area contributed by atoms with Gasteiger partial charge in [-0.05, 0) is 44.5 Å². The third kappa shape index (κ3) is 3.47. The Hall–Kier alpha value is -2.52. The van der Waals surface area contributed by atoms with Gasteiger partial charge in [0.25, 0.3) is 0 Å². The number of hydrogen-bond donors (Lipinski definition) is 0. The van der Waals surface area contributed by atoms with Crippen LogP contribution in [0.15, 0.2) is 65.8 Å². The first kappa shape index (κ1) is 17.3. The molecule has 128 valence electrons. The van der Waals surface area contributed by atoms with E-state index in [1.165, 1.54) is 0 Å². The number of oxime groups is 1. The first-order chi connectivity index (χ1) is 12.1. The quantitative estimate of drug-likeness (QED) is 0.417. The maximum Gasteiger partial charge on any atom is 0.114 e. The monoisotopic (exact) mass is 352 g/mol. The normalized spacial score (nSPS) is 11.6. The molecule has 0 aliphatic carbocycles. The molecule has 0 atom stereocenters. The Kier molecular flexibility index (Phi) is 5.25. The van der Waals surface area contributed by atoms with Crippen LogP contribution in [0.3, 0.4) is 0 Å². The zero-order valence-electron chi connectivity index (χ0n) is 14.7. The molecule has 0 radical (unpaired) electrons. The molecule has 25 heavy (non-hydrogen) atoms. The number of halogens is 1. The summed E-state index contributed by atoms with van der Waals surface area (Å²) < 4.78 is 2.18. The summed E-state index contributed by atoms with van der Waals surface area (Å²) >= 11 is 6.49. The molecule has 0 spiro atoms. The van der Waals surface area contributed by atoms with E-state index in [4.69, 9.17) is 16.4 Å². The highest BCUT2D eigenvalue weighted by Crippen LogP contribution is 2.32. The summed E-state index contributed by atoms with van der Waals surface area (Å²) in [7, 11) is 0. The Morgan fingerprint density at radius 1 is 1.08 bits per heavy atom. The number of aromatic nitrogens is 1. The lowest BCUT2D eigenvalue weighted by Crippen LogP contribution is -2.03. The number of nitrogens with zero attached hydrogens (tertiary/aromatic N) is 2. The zero-order valence-corrected chi connectivity index (χ0v) is 15.4. The topological polar surface area (TPSA) is 26.5 Å². The fourth-order valence-electron chi connectivity index (χ4n) is 2.95. The lowest BCUT2D eigenvalue weighted by Gasteiger charge is -2.14. The number of para-hydroxylation sites is 1. The van der Waals surface area contributed by atoms with Crippen LogP contribution in [0.4, 0.5) is 0 Å². The minimum atomic E-state index is 0.549. The lowest BCUT2D eigenvalue weighted by atomic mass is 10.1. The van der Waals surface area contributed by atoms with Gasteiger partial charge in [0.15, 0.2) is 0 Å². The van der Waals surface area contributed by atoms with Crippen molar-refractivity contribution in [1.82, 2.24) is 4.57 Å². The van der Waals surface area contributed by atoms with Crippen LogP contribution in [0.1, 0.15) is 25.1 Å². The van der Waals surface area contributed by atoms with Gasteiger partial charge in [0.1, 0.15) is 6.61 Å². The molecule has 0 aliphatic heterocycles. The summed E-state index contributed by atoms with van der Waals surface area (Å²) in [4.78, 5) is 5.24. The van der Waals surface area contributed by atoms with Gasteiger partial charge in [-0.3, -0.25) is 0 Å². The van der Waals surface area contributed by atoms with Crippen molar-refractivity contribution in [2.45, 2.75) is 20.8 Å². The highest BCUT2D eigenvalue weighted by molar-refractivity contribution is 6.32. The molecule has 0 saturated heterocycles. The van der Waals surface area contributed by atoms with Gasteiger partial charge in [0, 0.05) is 11.3 Å². The second-order valence-electron chi connectivity index (χ2n) is 5.78. The van der Waals surface area contributed by atoms with Crippen LogP contribution in [-0.4, -0.2) is 16.9 Å². The molecule has 0 N–H and O–H groups in total. The van der Waals surface area contributed by atoms with Gasteiger partial charge in [-0.15, -0.1) is 0 Å². The van der Waals surface area contributed by atoms with E-state index in [2.05, 4.69) is 34.8 Å². The molecule has 0 unspecified atom stereocenters. The van der Waals surface area contributed by atoms with Gasteiger partial charge in [0.05, 0.1) is 22.1 Å². The van der Waals surface area contributed by atoms with E-state index < -0.39 is 0 Å². The van der Waals surface area contributed by atoms with E-state index >= 15 is 0 Å². The molecule has 1 aromatic heterocycles. The van der Waals surface area contributed by atoms with Crippen molar-refractivity contribution in [3.8, 4) is 16.9 Å². The number of hydrogen-bond acceptors (Lipinski definition) is 2. The van der Waals surface area contributed by atoms with Gasteiger partial charge < -0.3 is 9.40 Å². The predicted molar refractivity (Wildman–Crippen MR) is 105 cm³/mol. The average Bonchev–Trinajstić information content (AvgIpc) is 2.98. The number of benzene rings is 2. The largest absolute Gasteiger partial charge is 0.396 e. The van der Waals surface area contributed by atoms with Crippen LogP contribution in [-0.2, 0) is 4.84 Å². The van der Waals surface area contributed by atoms with Crippen LogP contribution in [0, 0.1) is 6.92 Å². The molecular formula is C21H21ClN2O. The Morgan fingerprint density at radius 2 is 1.76 bits per heavy atom. The maximum absolute atomic E-state index is 6.49. The zero-order chi connectivity index (χ0) is 17.8. The van der Waals surface area contributed by atoms with Crippen LogP contribution < -0.4 is 0 Å². The Labute approximate surface area is 153 Å². The van der Waals surface area contributed by atoms with E-state index in [-0.39, 0.29) is 0 Å². The van der Waals surface area contributed by atoms with Gasteiger partial charge >= 0.3 is 0 Å². The maximum atomic E-state index is 6.49. The van der Waals surface area contributed by atoms with Crippen LogP contribution in [0.2, 0.25) is 5.02 Å². The van der Waals surface area contributed by atoms with Crippen molar-refractivity contribution in [1.29, 1.82) is 0 Å². The smallest absolute Gasteiger partial charge is 0.114 e. The lowest BCUT2D eigenvalue weighted by molar-refractivity contribution is 0.159. The molecule has 1 heterocycles. The van der Waals surface area contributed by atoms with E-state index in [1.54, 1.807) is 0 Å². The van der Waals surface area contributed by atoms with Crippen LogP contribution in [0.5, 0.6) is 0 Å². The highest BCUT2D eigenvalue weighted by atomic mass is 35.5. The van der Waals surface area contributed by atoms with E-state index in [0.29, 0.717) is 11.6 Å². The average molecular weight is 353 g/mol. The van der Waals surface area contributed by atoms with Crippen LogP contribution in [0.25, 0.3) is 16.9 Å². The molecule has 0 amide bonds. The van der Waals surface area contributed by atoms with Gasteiger partial charge in [-0.1, -0.05) is 59.2 Å². The molecular weight excluding hydrogens is 332 g/mol. The highest BCUT2D eigenvalue weighted by Gasteiger charge is 2.18. The van der Waals surface area contributed by atoms with Gasteiger partial charge in [0.2, 0.25) is 0 Å². The standard InChI is InChI=1S/C21H21ClN2O/c1-4-25-23-15(2)18-14-21(17-10-6-5-7-11-17)24(16(18)3)20-13-9-8-12-19(20)22/h5-14H,4H2,1-3H3/b23-15-. The van der Waals surface area contributed by atoms with Crippen molar-refractivity contribution in [2.24, 2.45) is 5.16 Å². The minimum Gasteiger partial charge on any atom is -0.396 e. The Morgan fingerprint density at radius 3 is 2.44 bits per heavy atom. The third-order valence-corrected chi connectivity index (χ3v) is 4.45. The molecule has 3 rings (SSSR count). The second kappa shape index (κ2) is 7.58. The van der Waals surface area contributed by atoms with Crippen molar-refractivity contribution in [3.63, 3.8) is 0 Å². The van der Waals surface area contributed by atoms with Crippen molar-refractivity contribution >= 4 is 17.3 Å². The first-order valence-corrected chi connectivity index (χ1v) is 8.71. The third-order valence-electron chi connectivity index (χ3n) is 4.13. The molecule has 2 aromatic carbocycles. The Bertz CT molecular complexity index is 898. The fraction of sp³-hybridized carbons (Fsp3) is 0.190. The second-order valence-corrected chi connectivity index (χ2v) is 6.18. The van der Waals surface area contributed by atoms with Crippen molar-refractivity contribution in [2.75, 3.05) is 6.61 Å². The SMILES string of the molecule is CCO/N=C(/C)c1cc(-c2ccccc2)n(-c2ccccc2Cl)c1C. The summed E-state index contributed by atoms with van der Waals surface area (Å²) in [6, 6.07) is 20.3.